The van der Waals surface area contributed by atoms with E-state index in [0.717, 1.165) is 12.8 Å². The van der Waals surface area contributed by atoms with Gasteiger partial charge >= 0.3 is 0 Å². The van der Waals surface area contributed by atoms with E-state index < -0.39 is 15.7 Å². The van der Waals surface area contributed by atoms with Gasteiger partial charge in [-0.25, -0.2) is 12.8 Å². The number of anilines is 1. The summed E-state index contributed by atoms with van der Waals surface area (Å²) >= 11 is 0. The van der Waals surface area contributed by atoms with Crippen molar-refractivity contribution in [3.63, 3.8) is 0 Å². The molecule has 1 aromatic rings. The van der Waals surface area contributed by atoms with E-state index in [1.165, 1.54) is 13.0 Å². The molecule has 2 aliphatic heterocycles. The maximum absolute atomic E-state index is 14.4. The van der Waals surface area contributed by atoms with Crippen molar-refractivity contribution in [2.24, 2.45) is 0 Å². The van der Waals surface area contributed by atoms with Gasteiger partial charge in [-0.15, -0.1) is 0 Å². The predicted octanol–water partition coefficient (Wildman–Crippen LogP) is 1.33. The quantitative estimate of drug-likeness (QED) is 0.625. The van der Waals surface area contributed by atoms with Crippen molar-refractivity contribution in [2.45, 2.75) is 38.3 Å². The molecule has 9 heteroatoms. The van der Waals surface area contributed by atoms with Gasteiger partial charge in [-0.3, -0.25) is 14.5 Å². The number of Topliss-reactive ketones (excluding diaryl/α,β-unsaturated/α-hetero) is 1. The molecule has 7 nitrogen and oxygen atoms in total. The van der Waals surface area contributed by atoms with Gasteiger partial charge in [-0.05, 0) is 44.4 Å². The molecule has 30 heavy (non-hydrogen) atoms. The maximum Gasteiger partial charge on any atom is 0.237 e. The zero-order valence-corrected chi connectivity index (χ0v) is 18.0. The van der Waals surface area contributed by atoms with Crippen molar-refractivity contribution in [3.05, 3.63) is 29.6 Å². The van der Waals surface area contributed by atoms with Crippen LogP contribution in [0.15, 0.2) is 18.2 Å². The molecule has 1 atom stereocenters. The highest BCUT2D eigenvalue weighted by Crippen LogP contribution is 2.32. The fraction of sp³-hybridized carbons (Fsp3) is 0.619. The highest BCUT2D eigenvalue weighted by molar-refractivity contribution is 7.91. The van der Waals surface area contributed by atoms with Crippen LogP contribution in [0.1, 0.15) is 36.5 Å². The Morgan fingerprint density at radius 3 is 2.33 bits per heavy atom. The number of nitrogens with zero attached hydrogens (tertiary/aromatic N) is 3. The topological polar surface area (TPSA) is 78.0 Å². The second-order valence-corrected chi connectivity index (χ2v) is 10.8. The van der Waals surface area contributed by atoms with Gasteiger partial charge in [0, 0.05) is 43.8 Å². The Labute approximate surface area is 176 Å². The molecule has 1 saturated carbocycles. The smallest absolute Gasteiger partial charge is 0.237 e. The van der Waals surface area contributed by atoms with Gasteiger partial charge in [-0.2, -0.15) is 0 Å². The van der Waals surface area contributed by atoms with Crippen LogP contribution in [-0.4, -0.2) is 86.2 Å². The van der Waals surface area contributed by atoms with Crippen LogP contribution in [-0.2, 0) is 14.6 Å². The molecule has 0 bridgehead atoms. The number of carbonyl (C=O) groups excluding carboxylic acids is 2. The summed E-state index contributed by atoms with van der Waals surface area (Å²) in [5.41, 5.74) is 0.830. The second-order valence-electron chi connectivity index (χ2n) is 8.57. The molecule has 1 aromatic carbocycles. The summed E-state index contributed by atoms with van der Waals surface area (Å²) in [6.45, 7) is 4.11. The summed E-state index contributed by atoms with van der Waals surface area (Å²) in [6, 6.07) is 4.55. The Morgan fingerprint density at radius 1 is 1.10 bits per heavy atom. The monoisotopic (exact) mass is 437 g/mol. The van der Waals surface area contributed by atoms with E-state index in [4.69, 9.17) is 0 Å². The minimum absolute atomic E-state index is 0.00467. The summed E-state index contributed by atoms with van der Waals surface area (Å²) in [6.07, 6.45) is 2.44. The van der Waals surface area contributed by atoms with Gasteiger partial charge in [0.2, 0.25) is 5.91 Å². The first-order chi connectivity index (χ1) is 14.2. The normalized spacial score (nSPS) is 24.1. The number of rotatable bonds is 6. The lowest BCUT2D eigenvalue weighted by Gasteiger charge is -2.37. The van der Waals surface area contributed by atoms with Gasteiger partial charge in [0.15, 0.2) is 15.6 Å². The van der Waals surface area contributed by atoms with Gasteiger partial charge < -0.3 is 9.80 Å². The summed E-state index contributed by atoms with van der Waals surface area (Å²) in [5.74, 6) is -0.321. The Kier molecular flexibility index (Phi) is 5.85. The molecule has 2 heterocycles. The number of benzene rings is 1. The summed E-state index contributed by atoms with van der Waals surface area (Å²) < 4.78 is 38.1. The number of piperazine rings is 1. The van der Waals surface area contributed by atoms with E-state index >= 15 is 0 Å². The SMILES string of the molecule is CC(=O)c1ccc(N2CCN(CC(=O)N(C3CC3)[C@@H]3CCS(=O)(=O)C3)CC2)c(F)c1. The molecule has 0 aromatic heterocycles. The number of hydrogen-bond donors (Lipinski definition) is 0. The molecular weight excluding hydrogens is 409 g/mol. The molecule has 0 unspecified atom stereocenters. The van der Waals surface area contributed by atoms with Crippen molar-refractivity contribution in [1.82, 2.24) is 9.80 Å². The Bertz CT molecular complexity index is 940. The van der Waals surface area contributed by atoms with Crippen LogP contribution in [0.25, 0.3) is 0 Å². The van der Waals surface area contributed by atoms with Crippen molar-refractivity contribution in [3.8, 4) is 0 Å². The highest BCUT2D eigenvalue weighted by Gasteiger charge is 2.42. The molecule has 3 aliphatic rings. The predicted molar refractivity (Wildman–Crippen MR) is 112 cm³/mol. The Hall–Kier alpha value is -2.00. The molecule has 0 N–H and O–H groups in total. The van der Waals surface area contributed by atoms with Crippen LogP contribution in [0.3, 0.4) is 0 Å². The Balaban J connectivity index is 1.34. The molecule has 164 valence electrons. The van der Waals surface area contributed by atoms with Crippen LogP contribution < -0.4 is 4.90 Å². The lowest BCUT2D eigenvalue weighted by molar-refractivity contribution is -0.135. The zero-order chi connectivity index (χ0) is 21.5. The summed E-state index contributed by atoms with van der Waals surface area (Å²) in [5, 5.41) is 0. The van der Waals surface area contributed by atoms with Crippen molar-refractivity contribution >= 4 is 27.2 Å². The van der Waals surface area contributed by atoms with Crippen LogP contribution in [0.2, 0.25) is 0 Å². The minimum Gasteiger partial charge on any atom is -0.367 e. The van der Waals surface area contributed by atoms with Gasteiger partial charge in [0.25, 0.3) is 0 Å². The van der Waals surface area contributed by atoms with Crippen molar-refractivity contribution in [1.29, 1.82) is 0 Å². The van der Waals surface area contributed by atoms with E-state index in [-0.39, 0.29) is 41.8 Å². The molecule has 0 spiro atoms. The Morgan fingerprint density at radius 2 is 1.80 bits per heavy atom. The third-order valence-corrected chi connectivity index (χ3v) is 8.01. The maximum atomic E-state index is 14.4. The number of halogens is 1. The standard InChI is InChI=1S/C21H28FN3O4S/c1-15(26)16-2-5-20(19(22)12-16)24-9-7-23(8-10-24)13-21(27)25(17-3-4-17)18-6-11-30(28,29)14-18/h2,5,12,17-18H,3-4,6-11,13-14H2,1H3/t18-/m1/s1. The van der Waals surface area contributed by atoms with Crippen LogP contribution in [0.4, 0.5) is 10.1 Å². The molecule has 0 radical (unpaired) electrons. The number of carbonyl (C=O) groups is 2. The molecule has 3 fully saturated rings. The van der Waals surface area contributed by atoms with Crippen LogP contribution in [0, 0.1) is 5.82 Å². The largest absolute Gasteiger partial charge is 0.367 e. The average Bonchev–Trinajstić information content (AvgIpc) is 3.45. The van der Waals surface area contributed by atoms with E-state index in [0.29, 0.717) is 43.9 Å². The zero-order valence-electron chi connectivity index (χ0n) is 17.2. The summed E-state index contributed by atoms with van der Waals surface area (Å²) in [7, 11) is -3.03. The van der Waals surface area contributed by atoms with Gasteiger partial charge in [0.1, 0.15) is 5.82 Å². The molecule has 4 rings (SSSR count). The minimum atomic E-state index is -3.03. The molecule has 1 amide bonds. The van der Waals surface area contributed by atoms with Crippen LogP contribution >= 0.6 is 0 Å². The van der Waals surface area contributed by atoms with E-state index in [2.05, 4.69) is 4.90 Å². The lowest BCUT2D eigenvalue weighted by Crippen LogP contribution is -2.52. The van der Waals surface area contributed by atoms with E-state index in [1.54, 1.807) is 12.1 Å². The lowest BCUT2D eigenvalue weighted by atomic mass is 10.1. The summed E-state index contributed by atoms with van der Waals surface area (Å²) in [4.78, 5) is 30.2. The first kappa shape index (κ1) is 21.2. The van der Waals surface area contributed by atoms with E-state index in [1.807, 2.05) is 9.80 Å². The number of hydrogen-bond acceptors (Lipinski definition) is 6. The van der Waals surface area contributed by atoms with Gasteiger partial charge in [-0.1, -0.05) is 0 Å². The molecule has 2 saturated heterocycles. The first-order valence-electron chi connectivity index (χ1n) is 10.5. The van der Waals surface area contributed by atoms with Crippen LogP contribution in [0.5, 0.6) is 0 Å². The third kappa shape index (κ3) is 4.67. The fourth-order valence-electron chi connectivity index (χ4n) is 4.46. The fourth-order valence-corrected chi connectivity index (χ4v) is 6.17. The van der Waals surface area contributed by atoms with Crippen molar-refractivity contribution in [2.75, 3.05) is 49.1 Å². The molecule has 1 aliphatic carbocycles. The average molecular weight is 438 g/mol. The van der Waals surface area contributed by atoms with Crippen molar-refractivity contribution < 1.29 is 22.4 Å². The van der Waals surface area contributed by atoms with Gasteiger partial charge in [0.05, 0.1) is 23.7 Å². The number of ketones is 1. The number of amides is 1. The number of sulfone groups is 1. The third-order valence-electron chi connectivity index (χ3n) is 6.26. The first-order valence-corrected chi connectivity index (χ1v) is 12.3. The molecular formula is C21H28FN3O4S. The second kappa shape index (κ2) is 8.26. The highest BCUT2D eigenvalue weighted by atomic mass is 32.2. The van der Waals surface area contributed by atoms with E-state index in [9.17, 15) is 22.4 Å².